The lowest BCUT2D eigenvalue weighted by Crippen LogP contribution is -2.34. The van der Waals surface area contributed by atoms with Crippen molar-refractivity contribution in [2.45, 2.75) is 26.2 Å². The van der Waals surface area contributed by atoms with E-state index in [0.29, 0.717) is 18.9 Å². The SMILES string of the molecule is CC1CNCC1C(=O)NCCCCC(=O)O. The first kappa shape index (κ1) is 13.0. The van der Waals surface area contributed by atoms with Gasteiger partial charge in [0.05, 0.1) is 5.92 Å². The smallest absolute Gasteiger partial charge is 0.303 e. The molecule has 0 aromatic rings. The molecule has 0 aliphatic carbocycles. The molecule has 0 radical (unpaired) electrons. The number of carboxylic acid groups (broad SMARTS) is 1. The van der Waals surface area contributed by atoms with Crippen molar-refractivity contribution >= 4 is 11.9 Å². The first-order valence-electron chi connectivity index (χ1n) is 5.81. The predicted molar refractivity (Wildman–Crippen MR) is 60.0 cm³/mol. The fraction of sp³-hybridized carbons (Fsp3) is 0.818. The van der Waals surface area contributed by atoms with Crippen molar-refractivity contribution in [3.8, 4) is 0 Å². The predicted octanol–water partition coefficient (Wildman–Crippen LogP) is 0.213. The third-order valence-corrected chi connectivity index (χ3v) is 2.97. The van der Waals surface area contributed by atoms with Crippen LogP contribution in [-0.2, 0) is 9.59 Å². The molecule has 1 amide bonds. The molecule has 2 atom stereocenters. The van der Waals surface area contributed by atoms with Gasteiger partial charge >= 0.3 is 5.97 Å². The first-order chi connectivity index (χ1) is 7.61. The van der Waals surface area contributed by atoms with E-state index in [2.05, 4.69) is 17.6 Å². The van der Waals surface area contributed by atoms with E-state index in [1.165, 1.54) is 0 Å². The van der Waals surface area contributed by atoms with Crippen LogP contribution in [0.3, 0.4) is 0 Å². The molecular weight excluding hydrogens is 208 g/mol. The summed E-state index contributed by atoms with van der Waals surface area (Å²) in [6.07, 6.45) is 1.53. The number of carbonyl (C=O) groups excluding carboxylic acids is 1. The highest BCUT2D eigenvalue weighted by Crippen LogP contribution is 2.15. The number of carboxylic acids is 1. The number of hydrogen-bond acceptors (Lipinski definition) is 3. The van der Waals surface area contributed by atoms with Crippen molar-refractivity contribution in [3.05, 3.63) is 0 Å². The second kappa shape index (κ2) is 6.48. The Morgan fingerprint density at radius 3 is 2.69 bits per heavy atom. The minimum atomic E-state index is -0.778. The zero-order valence-electron chi connectivity index (χ0n) is 9.66. The molecule has 1 aliphatic rings. The normalized spacial score (nSPS) is 24.3. The summed E-state index contributed by atoms with van der Waals surface area (Å²) in [6.45, 7) is 4.29. The molecule has 0 spiro atoms. The lowest BCUT2D eigenvalue weighted by molar-refractivity contribution is -0.137. The zero-order valence-corrected chi connectivity index (χ0v) is 9.66. The van der Waals surface area contributed by atoms with Gasteiger partial charge in [-0.15, -0.1) is 0 Å². The molecule has 1 aliphatic heterocycles. The molecule has 3 N–H and O–H groups in total. The molecule has 0 bridgehead atoms. The van der Waals surface area contributed by atoms with Crippen LogP contribution in [0.2, 0.25) is 0 Å². The van der Waals surface area contributed by atoms with Crippen molar-refractivity contribution < 1.29 is 14.7 Å². The van der Waals surface area contributed by atoms with E-state index in [9.17, 15) is 9.59 Å². The molecule has 1 rings (SSSR count). The average molecular weight is 228 g/mol. The van der Waals surface area contributed by atoms with Gasteiger partial charge < -0.3 is 15.7 Å². The third kappa shape index (κ3) is 4.18. The Morgan fingerprint density at radius 1 is 1.38 bits per heavy atom. The Labute approximate surface area is 95.6 Å². The van der Waals surface area contributed by atoms with Gasteiger partial charge in [-0.1, -0.05) is 6.92 Å². The first-order valence-corrected chi connectivity index (χ1v) is 5.81. The summed E-state index contributed by atoms with van der Waals surface area (Å²) in [7, 11) is 0. The van der Waals surface area contributed by atoms with Crippen LogP contribution in [0.5, 0.6) is 0 Å². The van der Waals surface area contributed by atoms with Crippen LogP contribution in [-0.4, -0.2) is 36.6 Å². The molecule has 16 heavy (non-hydrogen) atoms. The van der Waals surface area contributed by atoms with Crippen molar-refractivity contribution in [2.75, 3.05) is 19.6 Å². The van der Waals surface area contributed by atoms with E-state index in [1.54, 1.807) is 0 Å². The second-order valence-electron chi connectivity index (χ2n) is 4.38. The summed E-state index contributed by atoms with van der Waals surface area (Å²) in [5.74, 6) is -0.230. The minimum absolute atomic E-state index is 0.0690. The van der Waals surface area contributed by atoms with E-state index in [-0.39, 0.29) is 18.2 Å². The Hall–Kier alpha value is -1.10. The molecule has 1 saturated heterocycles. The Balaban J connectivity index is 2.08. The number of carbonyl (C=O) groups is 2. The highest BCUT2D eigenvalue weighted by molar-refractivity contribution is 5.79. The number of hydrogen-bond donors (Lipinski definition) is 3. The Kier molecular flexibility index (Phi) is 5.25. The van der Waals surface area contributed by atoms with E-state index < -0.39 is 5.97 Å². The van der Waals surface area contributed by atoms with E-state index in [1.807, 2.05) is 0 Å². The van der Waals surface area contributed by atoms with Crippen molar-refractivity contribution in [3.63, 3.8) is 0 Å². The number of rotatable bonds is 6. The summed E-state index contributed by atoms with van der Waals surface area (Å²) in [4.78, 5) is 21.9. The highest BCUT2D eigenvalue weighted by atomic mass is 16.4. The highest BCUT2D eigenvalue weighted by Gasteiger charge is 2.28. The van der Waals surface area contributed by atoms with Gasteiger partial charge in [-0.25, -0.2) is 0 Å². The van der Waals surface area contributed by atoms with Crippen LogP contribution in [0.25, 0.3) is 0 Å². The van der Waals surface area contributed by atoms with E-state index in [4.69, 9.17) is 5.11 Å². The van der Waals surface area contributed by atoms with Crippen LogP contribution in [0.4, 0.5) is 0 Å². The van der Waals surface area contributed by atoms with E-state index >= 15 is 0 Å². The molecule has 2 unspecified atom stereocenters. The molecule has 1 fully saturated rings. The van der Waals surface area contributed by atoms with Crippen LogP contribution in [0, 0.1) is 11.8 Å². The standard InChI is InChI=1S/C11H20N2O3/c1-8-6-12-7-9(8)11(16)13-5-3-2-4-10(14)15/h8-9,12H,2-7H2,1H3,(H,13,16)(H,14,15). The van der Waals surface area contributed by atoms with Gasteiger partial charge in [-0.05, 0) is 25.3 Å². The largest absolute Gasteiger partial charge is 0.481 e. The Bertz CT molecular complexity index is 256. The van der Waals surface area contributed by atoms with Crippen LogP contribution >= 0.6 is 0 Å². The third-order valence-electron chi connectivity index (χ3n) is 2.97. The number of aliphatic carboxylic acids is 1. The van der Waals surface area contributed by atoms with Crippen molar-refractivity contribution in [1.82, 2.24) is 10.6 Å². The molecule has 0 aromatic heterocycles. The number of amides is 1. The summed E-state index contributed by atoms with van der Waals surface area (Å²) in [5, 5.41) is 14.5. The van der Waals surface area contributed by atoms with Gasteiger partial charge in [0.25, 0.3) is 0 Å². The monoisotopic (exact) mass is 228 g/mol. The Morgan fingerprint density at radius 2 is 2.12 bits per heavy atom. The van der Waals surface area contributed by atoms with E-state index in [0.717, 1.165) is 19.5 Å². The molecule has 1 heterocycles. The van der Waals surface area contributed by atoms with Crippen LogP contribution < -0.4 is 10.6 Å². The number of nitrogens with one attached hydrogen (secondary N) is 2. The topological polar surface area (TPSA) is 78.4 Å². The molecule has 92 valence electrons. The van der Waals surface area contributed by atoms with Gasteiger partial charge in [0.1, 0.15) is 0 Å². The summed E-state index contributed by atoms with van der Waals surface area (Å²) in [6, 6.07) is 0. The summed E-state index contributed by atoms with van der Waals surface area (Å²) < 4.78 is 0. The maximum Gasteiger partial charge on any atom is 0.303 e. The van der Waals surface area contributed by atoms with Gasteiger partial charge in [-0.2, -0.15) is 0 Å². The fourth-order valence-corrected chi connectivity index (χ4v) is 1.90. The van der Waals surface area contributed by atoms with Gasteiger partial charge in [-0.3, -0.25) is 9.59 Å². The molecule has 5 heteroatoms. The lowest BCUT2D eigenvalue weighted by atomic mass is 9.97. The second-order valence-corrected chi connectivity index (χ2v) is 4.38. The maximum atomic E-state index is 11.7. The quantitative estimate of drug-likeness (QED) is 0.568. The molecule has 0 aromatic carbocycles. The molecular formula is C11H20N2O3. The lowest BCUT2D eigenvalue weighted by Gasteiger charge is -2.13. The van der Waals surface area contributed by atoms with Crippen LogP contribution in [0.15, 0.2) is 0 Å². The van der Waals surface area contributed by atoms with Crippen molar-refractivity contribution in [1.29, 1.82) is 0 Å². The zero-order chi connectivity index (χ0) is 12.0. The molecule has 0 saturated carbocycles. The average Bonchev–Trinajstić information content (AvgIpc) is 2.63. The minimum Gasteiger partial charge on any atom is -0.481 e. The summed E-state index contributed by atoms with van der Waals surface area (Å²) >= 11 is 0. The number of unbranched alkanes of at least 4 members (excludes halogenated alkanes) is 1. The van der Waals surface area contributed by atoms with Gasteiger partial charge in [0, 0.05) is 19.5 Å². The molecule has 5 nitrogen and oxygen atoms in total. The van der Waals surface area contributed by atoms with Crippen molar-refractivity contribution in [2.24, 2.45) is 11.8 Å². The van der Waals surface area contributed by atoms with Gasteiger partial charge in [0.15, 0.2) is 0 Å². The summed E-state index contributed by atoms with van der Waals surface area (Å²) in [5.41, 5.74) is 0. The fourth-order valence-electron chi connectivity index (χ4n) is 1.90. The maximum absolute atomic E-state index is 11.7. The van der Waals surface area contributed by atoms with Gasteiger partial charge in [0.2, 0.25) is 5.91 Å². The van der Waals surface area contributed by atoms with Crippen LogP contribution in [0.1, 0.15) is 26.2 Å².